The Balaban J connectivity index is 1.85. The van der Waals surface area contributed by atoms with Crippen LogP contribution in [0.5, 0.6) is 5.88 Å². The third-order valence-corrected chi connectivity index (χ3v) is 4.61. The van der Waals surface area contributed by atoms with Crippen LogP contribution in [0.25, 0.3) is 0 Å². The zero-order valence-corrected chi connectivity index (χ0v) is 12.3. The SMILES string of the molecule is COc1c(CNCC2CCSCC2)c(C)nn1C. The summed E-state index contributed by atoms with van der Waals surface area (Å²) in [5.74, 6) is 4.36. The number of rotatable bonds is 5. The molecule has 0 radical (unpaired) electrons. The van der Waals surface area contributed by atoms with E-state index < -0.39 is 0 Å². The normalized spacial score (nSPS) is 17.1. The second-order valence-electron chi connectivity index (χ2n) is 4.88. The maximum absolute atomic E-state index is 5.40. The van der Waals surface area contributed by atoms with E-state index in [1.807, 2.05) is 18.7 Å². The van der Waals surface area contributed by atoms with Gasteiger partial charge in [-0.15, -0.1) is 0 Å². The number of hydrogen-bond donors (Lipinski definition) is 1. The van der Waals surface area contributed by atoms with Gasteiger partial charge in [0.25, 0.3) is 0 Å². The fourth-order valence-electron chi connectivity index (χ4n) is 2.49. The first-order valence-electron chi connectivity index (χ1n) is 6.57. The Labute approximate surface area is 113 Å². The lowest BCUT2D eigenvalue weighted by atomic mass is 10.0. The van der Waals surface area contributed by atoms with E-state index in [1.54, 1.807) is 7.11 Å². The van der Waals surface area contributed by atoms with Crippen LogP contribution >= 0.6 is 11.8 Å². The zero-order chi connectivity index (χ0) is 13.0. The van der Waals surface area contributed by atoms with Gasteiger partial charge in [-0.1, -0.05) is 0 Å². The van der Waals surface area contributed by atoms with E-state index in [9.17, 15) is 0 Å². The van der Waals surface area contributed by atoms with Crippen molar-refractivity contribution in [2.75, 3.05) is 25.2 Å². The van der Waals surface area contributed by atoms with Gasteiger partial charge in [0.1, 0.15) is 0 Å². The molecule has 1 aromatic rings. The highest BCUT2D eigenvalue weighted by Crippen LogP contribution is 2.23. The van der Waals surface area contributed by atoms with Crippen LogP contribution in [0, 0.1) is 12.8 Å². The Hall–Kier alpha value is -0.680. The van der Waals surface area contributed by atoms with Gasteiger partial charge in [-0.2, -0.15) is 16.9 Å². The van der Waals surface area contributed by atoms with Crippen LogP contribution in [-0.2, 0) is 13.6 Å². The van der Waals surface area contributed by atoms with Crippen LogP contribution in [-0.4, -0.2) is 34.9 Å². The zero-order valence-electron chi connectivity index (χ0n) is 11.5. The molecule has 0 spiro atoms. The lowest BCUT2D eigenvalue weighted by Crippen LogP contribution is -2.25. The summed E-state index contributed by atoms with van der Waals surface area (Å²) in [7, 11) is 3.63. The van der Waals surface area contributed by atoms with E-state index in [4.69, 9.17) is 4.74 Å². The van der Waals surface area contributed by atoms with Gasteiger partial charge in [-0.25, -0.2) is 4.68 Å². The van der Waals surface area contributed by atoms with Crippen LogP contribution in [0.3, 0.4) is 0 Å². The molecule has 4 nitrogen and oxygen atoms in total. The molecule has 0 unspecified atom stereocenters. The Morgan fingerprint density at radius 2 is 2.17 bits per heavy atom. The molecule has 0 saturated carbocycles. The van der Waals surface area contributed by atoms with E-state index >= 15 is 0 Å². The van der Waals surface area contributed by atoms with Crippen molar-refractivity contribution >= 4 is 11.8 Å². The van der Waals surface area contributed by atoms with E-state index in [-0.39, 0.29) is 0 Å². The van der Waals surface area contributed by atoms with E-state index in [0.29, 0.717) is 0 Å². The number of hydrogen-bond acceptors (Lipinski definition) is 4. The highest BCUT2D eigenvalue weighted by molar-refractivity contribution is 7.99. The minimum absolute atomic E-state index is 0.842. The molecular formula is C13H23N3OS. The van der Waals surface area contributed by atoms with Crippen molar-refractivity contribution in [3.05, 3.63) is 11.3 Å². The molecular weight excluding hydrogens is 246 g/mol. The highest BCUT2D eigenvalue weighted by atomic mass is 32.2. The lowest BCUT2D eigenvalue weighted by molar-refractivity contribution is 0.366. The third kappa shape index (κ3) is 3.20. The van der Waals surface area contributed by atoms with Gasteiger partial charge in [0.2, 0.25) is 5.88 Å². The monoisotopic (exact) mass is 269 g/mol. The number of aryl methyl sites for hydroxylation is 2. The summed E-state index contributed by atoms with van der Waals surface area (Å²) in [6.07, 6.45) is 2.70. The molecule has 0 amide bonds. The van der Waals surface area contributed by atoms with Gasteiger partial charge in [-0.05, 0) is 43.7 Å². The molecule has 0 bridgehead atoms. The van der Waals surface area contributed by atoms with Crippen molar-refractivity contribution in [3.8, 4) is 5.88 Å². The van der Waals surface area contributed by atoms with Gasteiger partial charge in [0.15, 0.2) is 0 Å². The summed E-state index contributed by atoms with van der Waals surface area (Å²) < 4.78 is 7.21. The smallest absolute Gasteiger partial charge is 0.216 e. The average Bonchev–Trinajstić information content (AvgIpc) is 2.65. The van der Waals surface area contributed by atoms with E-state index in [1.165, 1.54) is 29.9 Å². The number of nitrogens with one attached hydrogen (secondary N) is 1. The Bertz CT molecular complexity index is 386. The van der Waals surface area contributed by atoms with Crippen molar-refractivity contribution in [1.82, 2.24) is 15.1 Å². The second-order valence-corrected chi connectivity index (χ2v) is 6.11. The van der Waals surface area contributed by atoms with Crippen molar-refractivity contribution in [2.45, 2.75) is 26.3 Å². The number of thioether (sulfide) groups is 1. The molecule has 18 heavy (non-hydrogen) atoms. The maximum Gasteiger partial charge on any atom is 0.216 e. The molecule has 0 aromatic carbocycles. The van der Waals surface area contributed by atoms with Crippen LogP contribution in [0.15, 0.2) is 0 Å². The predicted molar refractivity (Wildman–Crippen MR) is 76.3 cm³/mol. The number of ether oxygens (including phenoxy) is 1. The molecule has 1 aliphatic heterocycles. The van der Waals surface area contributed by atoms with Gasteiger partial charge in [-0.3, -0.25) is 0 Å². The molecule has 1 fully saturated rings. The van der Waals surface area contributed by atoms with E-state index in [2.05, 4.69) is 22.2 Å². The minimum atomic E-state index is 0.842. The first kappa shape index (κ1) is 13.7. The molecule has 0 aliphatic carbocycles. The van der Waals surface area contributed by atoms with Crippen molar-refractivity contribution in [2.24, 2.45) is 13.0 Å². The molecule has 2 rings (SSSR count). The molecule has 0 atom stereocenters. The maximum atomic E-state index is 5.40. The van der Waals surface area contributed by atoms with Crippen LogP contribution in [0.2, 0.25) is 0 Å². The molecule has 1 N–H and O–H groups in total. The standard InChI is InChI=1S/C13H23N3OS/c1-10-12(13(17-3)16(2)15-10)9-14-8-11-4-6-18-7-5-11/h11,14H,4-9H2,1-3H3. The van der Waals surface area contributed by atoms with Crippen molar-refractivity contribution in [1.29, 1.82) is 0 Å². The first-order valence-corrected chi connectivity index (χ1v) is 7.72. The number of methoxy groups -OCH3 is 1. The van der Waals surface area contributed by atoms with Gasteiger partial charge < -0.3 is 10.1 Å². The summed E-state index contributed by atoms with van der Waals surface area (Å²) in [5.41, 5.74) is 2.24. The fourth-order valence-corrected chi connectivity index (χ4v) is 3.70. The van der Waals surface area contributed by atoms with Crippen molar-refractivity contribution in [3.63, 3.8) is 0 Å². The van der Waals surface area contributed by atoms with Gasteiger partial charge in [0.05, 0.1) is 18.4 Å². The highest BCUT2D eigenvalue weighted by Gasteiger charge is 2.16. The average molecular weight is 269 g/mol. The molecule has 102 valence electrons. The summed E-state index contributed by atoms with van der Waals surface area (Å²) in [5, 5.41) is 7.95. The third-order valence-electron chi connectivity index (χ3n) is 3.56. The minimum Gasteiger partial charge on any atom is -0.481 e. The summed E-state index contributed by atoms with van der Waals surface area (Å²) in [6, 6.07) is 0. The molecule has 1 aromatic heterocycles. The summed E-state index contributed by atoms with van der Waals surface area (Å²) in [4.78, 5) is 0. The molecule has 1 aliphatic rings. The Kier molecular flexibility index (Phi) is 4.95. The largest absolute Gasteiger partial charge is 0.481 e. The molecule has 2 heterocycles. The lowest BCUT2D eigenvalue weighted by Gasteiger charge is -2.21. The van der Waals surface area contributed by atoms with Gasteiger partial charge in [0, 0.05) is 13.6 Å². The predicted octanol–water partition coefficient (Wildman–Crippen LogP) is 1.97. The van der Waals surface area contributed by atoms with Crippen LogP contribution in [0.1, 0.15) is 24.1 Å². The number of aromatic nitrogens is 2. The van der Waals surface area contributed by atoms with Crippen LogP contribution in [0.4, 0.5) is 0 Å². The molecule has 1 saturated heterocycles. The fraction of sp³-hybridized carbons (Fsp3) is 0.769. The van der Waals surface area contributed by atoms with Crippen molar-refractivity contribution < 1.29 is 4.74 Å². The van der Waals surface area contributed by atoms with Gasteiger partial charge >= 0.3 is 0 Å². The topological polar surface area (TPSA) is 39.1 Å². The summed E-state index contributed by atoms with van der Waals surface area (Å²) >= 11 is 2.08. The molecule has 5 heteroatoms. The Morgan fingerprint density at radius 3 is 2.83 bits per heavy atom. The second kappa shape index (κ2) is 6.48. The van der Waals surface area contributed by atoms with E-state index in [0.717, 1.165) is 30.6 Å². The quantitative estimate of drug-likeness (QED) is 0.887. The van der Waals surface area contributed by atoms with Crippen LogP contribution < -0.4 is 10.1 Å². The number of nitrogens with zero attached hydrogens (tertiary/aromatic N) is 2. The Morgan fingerprint density at radius 1 is 1.44 bits per heavy atom. The summed E-state index contributed by atoms with van der Waals surface area (Å²) in [6.45, 7) is 4.00. The first-order chi connectivity index (χ1) is 8.72.